The Morgan fingerprint density at radius 1 is 1.40 bits per heavy atom. The zero-order valence-electron chi connectivity index (χ0n) is 15.1. The lowest BCUT2D eigenvalue weighted by molar-refractivity contribution is -0.000377. The highest BCUT2D eigenvalue weighted by Gasteiger charge is 2.27. The molecule has 3 heterocycles. The number of amides is 1. The van der Waals surface area contributed by atoms with Crippen LogP contribution in [0.15, 0.2) is 24.5 Å². The van der Waals surface area contributed by atoms with Gasteiger partial charge in [0.25, 0.3) is 5.91 Å². The molecule has 0 unspecified atom stereocenters. The van der Waals surface area contributed by atoms with Gasteiger partial charge in [-0.05, 0) is 31.4 Å². The van der Waals surface area contributed by atoms with E-state index in [9.17, 15) is 4.79 Å². The Kier molecular flexibility index (Phi) is 5.81. The van der Waals surface area contributed by atoms with Gasteiger partial charge in [0.05, 0.1) is 23.4 Å². The van der Waals surface area contributed by atoms with Crippen LogP contribution in [0.4, 0.5) is 0 Å². The lowest BCUT2D eigenvalue weighted by Crippen LogP contribution is -2.40. The molecule has 0 radical (unpaired) electrons. The molecule has 2 aromatic heterocycles. The number of carbonyl (C=O) groups excluding carboxylic acids is 1. The number of hydrogen-bond donors (Lipinski definition) is 0. The monoisotopic (exact) mass is 359 g/mol. The molecule has 1 aliphatic heterocycles. The fourth-order valence-corrected chi connectivity index (χ4v) is 3.97. The second-order valence-electron chi connectivity index (χ2n) is 6.79. The fraction of sp³-hybridized carbons (Fsp3) is 0.526. The van der Waals surface area contributed by atoms with Crippen molar-refractivity contribution in [2.75, 3.05) is 13.1 Å². The van der Waals surface area contributed by atoms with E-state index >= 15 is 0 Å². The summed E-state index contributed by atoms with van der Waals surface area (Å²) in [5.74, 6) is 0.476. The molecule has 1 saturated heterocycles. The molecular weight excluding hydrogens is 334 g/mol. The molecule has 5 nitrogen and oxygen atoms in total. The Bertz CT molecular complexity index is 707. The molecule has 0 bridgehead atoms. The molecule has 6 heteroatoms. The van der Waals surface area contributed by atoms with E-state index in [1.165, 1.54) is 11.3 Å². The Hall–Kier alpha value is -1.79. The van der Waals surface area contributed by atoms with Gasteiger partial charge in [0.2, 0.25) is 0 Å². The van der Waals surface area contributed by atoms with Crippen molar-refractivity contribution in [3.8, 4) is 0 Å². The number of piperidine rings is 1. The van der Waals surface area contributed by atoms with E-state index in [0.717, 1.165) is 47.1 Å². The molecule has 0 aliphatic carbocycles. The smallest absolute Gasteiger partial charge is 0.265 e. The largest absolute Gasteiger partial charge is 0.373 e. The number of rotatable bonds is 5. The number of aryl methyl sites for hydroxylation is 1. The summed E-state index contributed by atoms with van der Waals surface area (Å²) in [4.78, 5) is 24.2. The van der Waals surface area contributed by atoms with Crippen molar-refractivity contribution in [3.05, 3.63) is 45.7 Å². The first-order valence-corrected chi connectivity index (χ1v) is 9.63. The van der Waals surface area contributed by atoms with Crippen LogP contribution in [0.3, 0.4) is 0 Å². The lowest BCUT2D eigenvalue weighted by Gasteiger charge is -2.31. The van der Waals surface area contributed by atoms with Gasteiger partial charge in [0.15, 0.2) is 0 Å². The average molecular weight is 359 g/mol. The number of ether oxygens (including phenoxy) is 1. The van der Waals surface area contributed by atoms with Crippen LogP contribution in [0.25, 0.3) is 0 Å². The zero-order valence-corrected chi connectivity index (χ0v) is 15.9. The number of aromatic nitrogens is 2. The van der Waals surface area contributed by atoms with Crippen LogP contribution in [0.2, 0.25) is 0 Å². The van der Waals surface area contributed by atoms with Gasteiger partial charge in [-0.2, -0.15) is 0 Å². The topological polar surface area (TPSA) is 55.3 Å². The van der Waals surface area contributed by atoms with E-state index in [4.69, 9.17) is 4.74 Å². The fourth-order valence-electron chi connectivity index (χ4n) is 2.93. The number of likely N-dealkylation sites (tertiary alicyclic amines) is 1. The molecule has 1 amide bonds. The van der Waals surface area contributed by atoms with Gasteiger partial charge in [0, 0.05) is 31.4 Å². The van der Waals surface area contributed by atoms with Gasteiger partial charge >= 0.3 is 0 Å². The van der Waals surface area contributed by atoms with Gasteiger partial charge < -0.3 is 9.64 Å². The van der Waals surface area contributed by atoms with Crippen LogP contribution < -0.4 is 0 Å². The van der Waals surface area contributed by atoms with Gasteiger partial charge in [0.1, 0.15) is 4.88 Å². The van der Waals surface area contributed by atoms with E-state index in [0.29, 0.717) is 12.5 Å². The lowest BCUT2D eigenvalue weighted by atomic mass is 10.1. The molecule has 0 saturated carbocycles. The SMILES string of the molecule is Cc1nc(C(C)C)sc1C(=O)N1CCC(OCc2cccnc2)CC1. The molecule has 0 aromatic carbocycles. The zero-order chi connectivity index (χ0) is 17.8. The normalized spacial score (nSPS) is 15.8. The van der Waals surface area contributed by atoms with E-state index in [1.807, 2.05) is 30.2 Å². The maximum Gasteiger partial charge on any atom is 0.265 e. The van der Waals surface area contributed by atoms with Crippen LogP contribution in [0, 0.1) is 6.92 Å². The summed E-state index contributed by atoms with van der Waals surface area (Å²) in [5.41, 5.74) is 1.94. The van der Waals surface area contributed by atoms with E-state index in [2.05, 4.69) is 23.8 Å². The second kappa shape index (κ2) is 8.06. The first-order chi connectivity index (χ1) is 12.0. The summed E-state index contributed by atoms with van der Waals surface area (Å²) in [5, 5.41) is 1.04. The number of pyridine rings is 1. The highest BCUT2D eigenvalue weighted by atomic mass is 32.1. The van der Waals surface area contributed by atoms with E-state index in [1.54, 1.807) is 6.20 Å². The van der Waals surface area contributed by atoms with Crippen LogP contribution in [-0.2, 0) is 11.3 Å². The maximum atomic E-state index is 12.8. The molecule has 134 valence electrons. The molecule has 0 spiro atoms. The van der Waals surface area contributed by atoms with Crippen LogP contribution in [-0.4, -0.2) is 40.0 Å². The Morgan fingerprint density at radius 2 is 2.16 bits per heavy atom. The molecule has 1 fully saturated rings. The first kappa shape index (κ1) is 18.0. The molecule has 0 atom stereocenters. The molecule has 0 N–H and O–H groups in total. The minimum atomic E-state index is 0.118. The van der Waals surface area contributed by atoms with Crippen LogP contribution >= 0.6 is 11.3 Å². The third-order valence-electron chi connectivity index (χ3n) is 4.44. The summed E-state index contributed by atoms with van der Waals surface area (Å²) in [6, 6.07) is 3.94. The summed E-state index contributed by atoms with van der Waals surface area (Å²) in [6.45, 7) is 8.21. The molecule has 3 rings (SSSR count). The standard InChI is InChI=1S/C19H25N3O2S/c1-13(2)18-21-14(3)17(25-18)19(23)22-9-6-16(7-10-22)24-12-15-5-4-8-20-11-15/h4-5,8,11,13,16H,6-7,9-10,12H2,1-3H3. The van der Waals surface area contributed by atoms with Crippen molar-refractivity contribution in [1.29, 1.82) is 0 Å². The van der Waals surface area contributed by atoms with Gasteiger partial charge in [-0.25, -0.2) is 4.98 Å². The van der Waals surface area contributed by atoms with E-state index in [-0.39, 0.29) is 12.0 Å². The van der Waals surface area contributed by atoms with Crippen molar-refractivity contribution in [2.45, 2.75) is 52.2 Å². The Morgan fingerprint density at radius 3 is 2.76 bits per heavy atom. The molecule has 2 aromatic rings. The molecule has 25 heavy (non-hydrogen) atoms. The summed E-state index contributed by atoms with van der Waals surface area (Å²) >= 11 is 1.54. The third-order valence-corrected chi connectivity index (χ3v) is 5.88. The Balaban J connectivity index is 1.52. The minimum absolute atomic E-state index is 0.118. The highest BCUT2D eigenvalue weighted by Crippen LogP contribution is 2.27. The van der Waals surface area contributed by atoms with E-state index < -0.39 is 0 Å². The number of hydrogen-bond acceptors (Lipinski definition) is 5. The predicted octanol–water partition coefficient (Wildman–Crippen LogP) is 3.79. The van der Waals surface area contributed by atoms with Gasteiger partial charge in [-0.1, -0.05) is 19.9 Å². The number of nitrogens with zero attached hydrogens (tertiary/aromatic N) is 3. The van der Waals surface area contributed by atoms with Crippen molar-refractivity contribution >= 4 is 17.2 Å². The summed E-state index contributed by atoms with van der Waals surface area (Å²) in [6.07, 6.45) is 5.55. The quantitative estimate of drug-likeness (QED) is 0.815. The second-order valence-corrected chi connectivity index (χ2v) is 7.82. The number of carbonyl (C=O) groups is 1. The van der Waals surface area contributed by atoms with Crippen molar-refractivity contribution in [1.82, 2.24) is 14.9 Å². The van der Waals surface area contributed by atoms with Crippen LogP contribution in [0.5, 0.6) is 0 Å². The molecule has 1 aliphatic rings. The molecular formula is C19H25N3O2S. The maximum absolute atomic E-state index is 12.8. The predicted molar refractivity (Wildman–Crippen MR) is 98.9 cm³/mol. The highest BCUT2D eigenvalue weighted by molar-refractivity contribution is 7.13. The first-order valence-electron chi connectivity index (χ1n) is 8.81. The van der Waals surface area contributed by atoms with Crippen molar-refractivity contribution in [3.63, 3.8) is 0 Å². The van der Waals surface area contributed by atoms with Gasteiger partial charge in [-0.3, -0.25) is 9.78 Å². The Labute approximate surface area is 153 Å². The minimum Gasteiger partial charge on any atom is -0.373 e. The van der Waals surface area contributed by atoms with Crippen molar-refractivity contribution < 1.29 is 9.53 Å². The summed E-state index contributed by atoms with van der Waals surface area (Å²) in [7, 11) is 0. The van der Waals surface area contributed by atoms with Crippen molar-refractivity contribution in [2.24, 2.45) is 0 Å². The average Bonchev–Trinajstić information content (AvgIpc) is 3.03. The summed E-state index contributed by atoms with van der Waals surface area (Å²) < 4.78 is 5.97. The number of thiazole rings is 1. The van der Waals surface area contributed by atoms with Crippen LogP contribution in [0.1, 0.15) is 58.5 Å². The van der Waals surface area contributed by atoms with Gasteiger partial charge in [-0.15, -0.1) is 11.3 Å². The third kappa shape index (κ3) is 4.44.